The minimum absolute atomic E-state index is 0. The number of hydrogen-bond acceptors (Lipinski definition) is 6. The quantitative estimate of drug-likeness (QED) is 0.340. The number of aliphatic hydroxyl groups is 1. The van der Waals surface area contributed by atoms with E-state index < -0.39 is 5.60 Å². The number of aromatic nitrogens is 2. The summed E-state index contributed by atoms with van der Waals surface area (Å²) in [4.78, 5) is 15.2. The third kappa shape index (κ3) is 5.85. The molecule has 2 aliphatic rings. The summed E-state index contributed by atoms with van der Waals surface area (Å²) in [6, 6.07) is 2.13. The third-order valence-electron chi connectivity index (χ3n) is 4.49. The molecule has 9 heteroatoms. The summed E-state index contributed by atoms with van der Waals surface area (Å²) in [7, 11) is 1.77. The molecule has 0 spiro atoms. The van der Waals surface area contributed by atoms with Gasteiger partial charge in [0.1, 0.15) is 0 Å². The zero-order valence-corrected chi connectivity index (χ0v) is 17.7. The summed E-state index contributed by atoms with van der Waals surface area (Å²) < 4.78 is 0. The van der Waals surface area contributed by atoms with Crippen molar-refractivity contribution in [1.29, 1.82) is 0 Å². The molecule has 7 nitrogen and oxygen atoms in total. The molecule has 25 heavy (non-hydrogen) atoms. The third-order valence-corrected chi connectivity index (χ3v) is 5.72. The normalized spacial score (nSPS) is 26.9. The van der Waals surface area contributed by atoms with Gasteiger partial charge < -0.3 is 20.6 Å². The maximum atomic E-state index is 10.4. The SMILES string of the molecule is CN=C(NCC1(O)CCSC1)NC1CCCN(c2ncccn2)C1.I. The standard InChI is InChI=1S/C16H26N6OS.HI/c1-17-14(20-11-16(23)5-9-24-12-16)21-13-4-2-8-22(10-13)15-18-6-3-7-19-15;/h3,6-7,13,23H,2,4-5,8-12H2,1H3,(H2,17,20,21);1H. The van der Waals surface area contributed by atoms with Gasteiger partial charge in [0, 0.05) is 50.9 Å². The first kappa shape index (κ1) is 20.5. The lowest BCUT2D eigenvalue weighted by molar-refractivity contribution is 0.0723. The lowest BCUT2D eigenvalue weighted by Crippen LogP contribution is -2.54. The predicted molar refractivity (Wildman–Crippen MR) is 114 cm³/mol. The number of piperidine rings is 1. The highest BCUT2D eigenvalue weighted by Crippen LogP contribution is 2.26. The highest BCUT2D eigenvalue weighted by molar-refractivity contribution is 14.0. The van der Waals surface area contributed by atoms with Crippen molar-refractivity contribution in [1.82, 2.24) is 20.6 Å². The average molecular weight is 478 g/mol. The number of nitrogens with zero attached hydrogens (tertiary/aromatic N) is 4. The van der Waals surface area contributed by atoms with Gasteiger partial charge in [0.2, 0.25) is 5.95 Å². The number of thioether (sulfide) groups is 1. The van der Waals surface area contributed by atoms with E-state index >= 15 is 0 Å². The Balaban J connectivity index is 0.00000225. The highest BCUT2D eigenvalue weighted by Gasteiger charge is 2.32. The molecule has 3 heterocycles. The Morgan fingerprint density at radius 1 is 1.48 bits per heavy atom. The second-order valence-electron chi connectivity index (χ2n) is 6.43. The Morgan fingerprint density at radius 3 is 2.96 bits per heavy atom. The van der Waals surface area contributed by atoms with Gasteiger partial charge in [-0.3, -0.25) is 4.99 Å². The number of anilines is 1. The van der Waals surface area contributed by atoms with Crippen LogP contribution in [-0.4, -0.2) is 70.9 Å². The molecule has 140 valence electrons. The Kier molecular flexibility index (Phi) is 8.01. The first-order chi connectivity index (χ1) is 11.7. The van der Waals surface area contributed by atoms with Crippen LogP contribution in [0.2, 0.25) is 0 Å². The smallest absolute Gasteiger partial charge is 0.225 e. The maximum Gasteiger partial charge on any atom is 0.225 e. The van der Waals surface area contributed by atoms with Crippen LogP contribution in [0.5, 0.6) is 0 Å². The van der Waals surface area contributed by atoms with Crippen molar-refractivity contribution in [3.05, 3.63) is 18.5 Å². The van der Waals surface area contributed by atoms with Gasteiger partial charge in [0.25, 0.3) is 0 Å². The monoisotopic (exact) mass is 478 g/mol. The first-order valence-corrected chi connectivity index (χ1v) is 9.63. The second-order valence-corrected chi connectivity index (χ2v) is 7.54. The van der Waals surface area contributed by atoms with Crippen LogP contribution >= 0.6 is 35.7 Å². The first-order valence-electron chi connectivity index (χ1n) is 8.48. The Hall–Kier alpha value is -0.810. The van der Waals surface area contributed by atoms with E-state index in [1.807, 2.05) is 6.07 Å². The molecule has 3 rings (SSSR count). The molecule has 1 aromatic rings. The molecule has 0 saturated carbocycles. The second kappa shape index (κ2) is 9.77. The van der Waals surface area contributed by atoms with Gasteiger partial charge in [-0.25, -0.2) is 9.97 Å². The fourth-order valence-corrected chi connectivity index (χ4v) is 4.40. The van der Waals surface area contributed by atoms with Gasteiger partial charge >= 0.3 is 0 Å². The molecule has 0 aromatic carbocycles. The van der Waals surface area contributed by atoms with Crippen LogP contribution in [0.15, 0.2) is 23.5 Å². The fraction of sp³-hybridized carbons (Fsp3) is 0.688. The van der Waals surface area contributed by atoms with E-state index in [4.69, 9.17) is 0 Å². The summed E-state index contributed by atoms with van der Waals surface area (Å²) in [6.45, 7) is 2.37. The van der Waals surface area contributed by atoms with E-state index in [9.17, 15) is 5.11 Å². The van der Waals surface area contributed by atoms with Gasteiger partial charge in [0.15, 0.2) is 5.96 Å². The van der Waals surface area contributed by atoms with E-state index in [2.05, 4.69) is 30.5 Å². The summed E-state index contributed by atoms with van der Waals surface area (Å²) in [5.74, 6) is 3.35. The molecule has 2 unspecified atom stereocenters. The molecule has 0 aliphatic carbocycles. The number of guanidine groups is 1. The van der Waals surface area contributed by atoms with Crippen LogP contribution in [0.4, 0.5) is 5.95 Å². The molecule has 1 aromatic heterocycles. The van der Waals surface area contributed by atoms with Gasteiger partial charge in [-0.05, 0) is 31.1 Å². The van der Waals surface area contributed by atoms with Gasteiger partial charge in [-0.2, -0.15) is 11.8 Å². The molecule has 0 bridgehead atoms. The minimum atomic E-state index is -0.612. The Morgan fingerprint density at radius 2 is 2.28 bits per heavy atom. The van der Waals surface area contributed by atoms with Crippen molar-refractivity contribution in [2.24, 2.45) is 4.99 Å². The molecule has 2 saturated heterocycles. The van der Waals surface area contributed by atoms with Crippen molar-refractivity contribution in [2.45, 2.75) is 30.9 Å². The number of rotatable bonds is 4. The van der Waals surface area contributed by atoms with Crippen LogP contribution < -0.4 is 15.5 Å². The zero-order valence-electron chi connectivity index (χ0n) is 14.5. The zero-order chi connectivity index (χ0) is 16.8. The topological polar surface area (TPSA) is 85.7 Å². The number of aliphatic imine (C=N–C) groups is 1. The van der Waals surface area contributed by atoms with Crippen LogP contribution in [0, 0.1) is 0 Å². The lowest BCUT2D eigenvalue weighted by Gasteiger charge is -2.34. The summed E-state index contributed by atoms with van der Waals surface area (Å²) in [5, 5.41) is 17.2. The van der Waals surface area contributed by atoms with Crippen molar-refractivity contribution < 1.29 is 5.11 Å². The molecule has 0 radical (unpaired) electrons. The van der Waals surface area contributed by atoms with Crippen molar-refractivity contribution in [3.63, 3.8) is 0 Å². The molecule has 2 fully saturated rings. The van der Waals surface area contributed by atoms with Gasteiger partial charge in [0.05, 0.1) is 5.60 Å². The number of hydrogen-bond donors (Lipinski definition) is 3. The summed E-state index contributed by atoms with van der Waals surface area (Å²) >= 11 is 1.80. The average Bonchev–Trinajstić information content (AvgIpc) is 3.06. The maximum absolute atomic E-state index is 10.4. The van der Waals surface area contributed by atoms with Crippen molar-refractivity contribution in [2.75, 3.05) is 43.1 Å². The number of halogens is 1. The van der Waals surface area contributed by atoms with Gasteiger partial charge in [-0.1, -0.05) is 0 Å². The van der Waals surface area contributed by atoms with Gasteiger partial charge in [-0.15, -0.1) is 24.0 Å². The highest BCUT2D eigenvalue weighted by atomic mass is 127. The van der Waals surface area contributed by atoms with E-state index in [0.717, 1.165) is 55.8 Å². The van der Waals surface area contributed by atoms with E-state index in [1.54, 1.807) is 31.2 Å². The van der Waals surface area contributed by atoms with E-state index in [-0.39, 0.29) is 24.0 Å². The van der Waals surface area contributed by atoms with E-state index in [1.165, 1.54) is 0 Å². The Labute approximate surface area is 170 Å². The minimum Gasteiger partial charge on any atom is -0.387 e. The predicted octanol–water partition coefficient (Wildman–Crippen LogP) is 1.10. The number of nitrogens with one attached hydrogen (secondary N) is 2. The summed E-state index contributed by atoms with van der Waals surface area (Å²) in [5.41, 5.74) is -0.612. The molecule has 2 aliphatic heterocycles. The molecular weight excluding hydrogens is 451 g/mol. The fourth-order valence-electron chi connectivity index (χ4n) is 3.10. The lowest BCUT2D eigenvalue weighted by atomic mass is 10.0. The molecule has 2 atom stereocenters. The van der Waals surface area contributed by atoms with Crippen LogP contribution in [0.1, 0.15) is 19.3 Å². The molecule has 0 amide bonds. The van der Waals surface area contributed by atoms with Crippen LogP contribution in [-0.2, 0) is 0 Å². The molecular formula is C16H27IN6OS. The van der Waals surface area contributed by atoms with Crippen LogP contribution in [0.3, 0.4) is 0 Å². The van der Waals surface area contributed by atoms with E-state index in [0.29, 0.717) is 12.6 Å². The molecule has 3 N–H and O–H groups in total. The largest absolute Gasteiger partial charge is 0.387 e. The summed E-state index contributed by atoms with van der Waals surface area (Å²) in [6.07, 6.45) is 6.57. The Bertz CT molecular complexity index is 555. The van der Waals surface area contributed by atoms with Crippen molar-refractivity contribution >= 4 is 47.6 Å². The van der Waals surface area contributed by atoms with Crippen LogP contribution in [0.25, 0.3) is 0 Å². The van der Waals surface area contributed by atoms with Crippen molar-refractivity contribution in [3.8, 4) is 0 Å².